The highest BCUT2D eigenvalue weighted by molar-refractivity contribution is 5.40. The average Bonchev–Trinajstić information content (AvgIpc) is 2.51. The molecule has 0 saturated heterocycles. The minimum absolute atomic E-state index is 0.0755. The van der Waals surface area contributed by atoms with Crippen molar-refractivity contribution in [1.82, 2.24) is 5.32 Å². The van der Waals surface area contributed by atoms with Crippen molar-refractivity contribution in [2.45, 2.75) is 38.8 Å². The molecule has 0 bridgehead atoms. The Morgan fingerprint density at radius 2 is 1.60 bits per heavy atom. The molecule has 1 aromatic rings. The molecular formula is C16H27NO3. The van der Waals surface area contributed by atoms with E-state index >= 15 is 0 Å². The summed E-state index contributed by atoms with van der Waals surface area (Å²) in [5.41, 5.74) is 0.821. The minimum Gasteiger partial charge on any atom is -0.497 e. The monoisotopic (exact) mass is 281 g/mol. The second kappa shape index (κ2) is 7.50. The molecule has 1 aromatic carbocycles. The van der Waals surface area contributed by atoms with Crippen LogP contribution in [0, 0.1) is 0 Å². The fraction of sp³-hybridized carbons (Fsp3) is 0.625. The van der Waals surface area contributed by atoms with E-state index < -0.39 is 0 Å². The van der Waals surface area contributed by atoms with E-state index in [0.29, 0.717) is 0 Å². The van der Waals surface area contributed by atoms with Gasteiger partial charge in [-0.1, -0.05) is 13.8 Å². The van der Waals surface area contributed by atoms with Crippen LogP contribution in [0.25, 0.3) is 0 Å². The van der Waals surface area contributed by atoms with Gasteiger partial charge < -0.3 is 19.5 Å². The van der Waals surface area contributed by atoms with Gasteiger partial charge in [0, 0.05) is 13.2 Å². The van der Waals surface area contributed by atoms with Gasteiger partial charge in [0.25, 0.3) is 0 Å². The number of nitrogens with one attached hydrogen (secondary N) is 1. The number of likely N-dealkylation sites (N-methyl/N-ethyl adjacent to an activating group) is 1. The Balaban J connectivity index is 3.26. The summed E-state index contributed by atoms with van der Waals surface area (Å²) < 4.78 is 16.5. The topological polar surface area (TPSA) is 39.7 Å². The summed E-state index contributed by atoms with van der Waals surface area (Å²) in [6.45, 7) is 7.21. The van der Waals surface area contributed by atoms with Crippen molar-refractivity contribution in [2.75, 3.05) is 27.9 Å². The predicted octanol–water partition coefficient (Wildman–Crippen LogP) is 3.17. The number of hydrogen-bond acceptors (Lipinski definition) is 4. The van der Waals surface area contributed by atoms with Crippen molar-refractivity contribution in [1.29, 1.82) is 0 Å². The van der Waals surface area contributed by atoms with E-state index in [-0.39, 0.29) is 11.6 Å². The van der Waals surface area contributed by atoms with Crippen LogP contribution in [0.3, 0.4) is 0 Å². The molecule has 1 N–H and O–H groups in total. The molecule has 1 rings (SSSR count). The molecule has 20 heavy (non-hydrogen) atoms. The van der Waals surface area contributed by atoms with Crippen LogP contribution in [-0.4, -0.2) is 33.5 Å². The molecule has 0 aromatic heterocycles. The highest BCUT2D eigenvalue weighted by Crippen LogP contribution is 2.35. The lowest BCUT2D eigenvalue weighted by Gasteiger charge is -2.37. The summed E-state index contributed by atoms with van der Waals surface area (Å²) in [5.74, 6) is 1.58. The summed E-state index contributed by atoms with van der Waals surface area (Å²) in [5, 5.41) is 3.51. The molecule has 0 saturated carbocycles. The van der Waals surface area contributed by atoms with Crippen molar-refractivity contribution in [3.05, 3.63) is 23.8 Å². The summed E-state index contributed by atoms with van der Waals surface area (Å²) in [4.78, 5) is 0. The molecule has 0 amide bonds. The maximum absolute atomic E-state index is 5.76. The van der Waals surface area contributed by atoms with Gasteiger partial charge in [0.15, 0.2) is 0 Å². The smallest absolute Gasteiger partial charge is 0.122 e. The van der Waals surface area contributed by atoms with Crippen molar-refractivity contribution in [2.24, 2.45) is 0 Å². The molecule has 0 spiro atoms. The Labute approximate surface area is 122 Å². The lowest BCUT2D eigenvalue weighted by Crippen LogP contribution is -2.42. The quantitative estimate of drug-likeness (QED) is 0.794. The van der Waals surface area contributed by atoms with E-state index in [1.807, 2.05) is 18.2 Å². The second-order valence-corrected chi connectivity index (χ2v) is 5.01. The largest absolute Gasteiger partial charge is 0.497 e. The molecule has 4 heteroatoms. The first-order chi connectivity index (χ1) is 9.54. The fourth-order valence-corrected chi connectivity index (χ4v) is 2.35. The molecule has 0 radical (unpaired) electrons. The maximum atomic E-state index is 5.76. The van der Waals surface area contributed by atoms with Crippen LogP contribution >= 0.6 is 0 Å². The minimum atomic E-state index is -0.284. The summed E-state index contributed by atoms with van der Waals surface area (Å²) in [7, 11) is 5.08. The summed E-state index contributed by atoms with van der Waals surface area (Å²) >= 11 is 0. The Bertz CT molecular complexity index is 394. The Hall–Kier alpha value is -1.26. The van der Waals surface area contributed by atoms with Crippen LogP contribution in [0.4, 0.5) is 0 Å². The van der Waals surface area contributed by atoms with E-state index in [4.69, 9.17) is 14.2 Å². The Kier molecular flexibility index (Phi) is 6.30. The van der Waals surface area contributed by atoms with E-state index in [9.17, 15) is 0 Å². The van der Waals surface area contributed by atoms with Gasteiger partial charge in [0.1, 0.15) is 11.5 Å². The van der Waals surface area contributed by atoms with E-state index in [2.05, 4.69) is 26.1 Å². The summed E-state index contributed by atoms with van der Waals surface area (Å²) in [6.07, 6.45) is 0.903. The van der Waals surface area contributed by atoms with Crippen LogP contribution in [0.2, 0.25) is 0 Å². The lowest BCUT2D eigenvalue weighted by molar-refractivity contribution is -0.0296. The number of hydrogen-bond donors (Lipinski definition) is 1. The van der Waals surface area contributed by atoms with Gasteiger partial charge in [0.05, 0.1) is 25.9 Å². The maximum Gasteiger partial charge on any atom is 0.122 e. The fourth-order valence-electron chi connectivity index (χ4n) is 2.35. The van der Waals surface area contributed by atoms with Gasteiger partial charge >= 0.3 is 0 Å². The second-order valence-electron chi connectivity index (χ2n) is 5.01. The van der Waals surface area contributed by atoms with Crippen LogP contribution < -0.4 is 14.8 Å². The van der Waals surface area contributed by atoms with E-state index in [0.717, 1.165) is 30.0 Å². The number of benzene rings is 1. The van der Waals surface area contributed by atoms with E-state index in [1.54, 1.807) is 21.3 Å². The normalized spacial score (nSPS) is 15.5. The zero-order valence-corrected chi connectivity index (χ0v) is 13.4. The number of rotatable bonds is 8. The Morgan fingerprint density at radius 3 is 1.95 bits per heavy atom. The average molecular weight is 281 g/mol. The van der Waals surface area contributed by atoms with E-state index in [1.165, 1.54) is 0 Å². The van der Waals surface area contributed by atoms with Crippen molar-refractivity contribution in [3.8, 4) is 11.5 Å². The molecule has 2 atom stereocenters. The first-order valence-corrected chi connectivity index (χ1v) is 7.06. The van der Waals surface area contributed by atoms with Crippen molar-refractivity contribution >= 4 is 0 Å². The SMILES string of the molecule is CCNC(c1cc(OC)cc(OC)c1)C(C)(CC)OC. The predicted molar refractivity (Wildman–Crippen MR) is 81.7 cm³/mol. The molecule has 4 nitrogen and oxygen atoms in total. The third-order valence-corrected chi connectivity index (χ3v) is 3.89. The van der Waals surface area contributed by atoms with Gasteiger partial charge in [-0.15, -0.1) is 0 Å². The number of ether oxygens (including phenoxy) is 3. The third-order valence-electron chi connectivity index (χ3n) is 3.89. The first kappa shape index (κ1) is 16.8. The van der Waals surface area contributed by atoms with Crippen LogP contribution in [-0.2, 0) is 4.74 Å². The lowest BCUT2D eigenvalue weighted by atomic mass is 9.87. The molecule has 0 aliphatic carbocycles. The zero-order chi connectivity index (χ0) is 15.2. The van der Waals surface area contributed by atoms with Crippen LogP contribution in [0.5, 0.6) is 11.5 Å². The molecule has 0 aliphatic rings. The number of methoxy groups -OCH3 is 3. The molecule has 0 fully saturated rings. The highest BCUT2D eigenvalue weighted by Gasteiger charge is 2.33. The highest BCUT2D eigenvalue weighted by atomic mass is 16.5. The van der Waals surface area contributed by atoms with Gasteiger partial charge in [-0.3, -0.25) is 0 Å². The Morgan fingerprint density at radius 1 is 1.05 bits per heavy atom. The van der Waals surface area contributed by atoms with Crippen LogP contribution in [0.1, 0.15) is 38.8 Å². The van der Waals surface area contributed by atoms with Crippen molar-refractivity contribution < 1.29 is 14.2 Å². The molecule has 0 heterocycles. The van der Waals surface area contributed by atoms with Crippen molar-refractivity contribution in [3.63, 3.8) is 0 Å². The molecule has 0 aliphatic heterocycles. The van der Waals surface area contributed by atoms with Gasteiger partial charge in [0.2, 0.25) is 0 Å². The summed E-state index contributed by atoms with van der Waals surface area (Å²) in [6, 6.07) is 6.01. The first-order valence-electron chi connectivity index (χ1n) is 7.06. The molecule has 2 unspecified atom stereocenters. The molecular weight excluding hydrogens is 254 g/mol. The standard InChI is InChI=1S/C16H27NO3/c1-7-16(3,20-6)15(17-8-2)12-9-13(18-4)11-14(10-12)19-5/h9-11,15,17H,7-8H2,1-6H3. The van der Waals surface area contributed by atoms with Gasteiger partial charge in [-0.2, -0.15) is 0 Å². The zero-order valence-electron chi connectivity index (χ0n) is 13.4. The van der Waals surface area contributed by atoms with Crippen LogP contribution in [0.15, 0.2) is 18.2 Å². The third kappa shape index (κ3) is 3.64. The van der Waals surface area contributed by atoms with Gasteiger partial charge in [-0.05, 0) is 37.6 Å². The molecule has 114 valence electrons. The van der Waals surface area contributed by atoms with Gasteiger partial charge in [-0.25, -0.2) is 0 Å².